The van der Waals surface area contributed by atoms with Crippen molar-refractivity contribution in [1.82, 2.24) is 4.90 Å². The number of hydrogen-bond acceptors (Lipinski definition) is 3. The van der Waals surface area contributed by atoms with E-state index in [1.807, 2.05) is 12.1 Å². The molecule has 0 saturated heterocycles. The lowest BCUT2D eigenvalue weighted by molar-refractivity contribution is -0.154. The van der Waals surface area contributed by atoms with Crippen molar-refractivity contribution >= 4 is 23.5 Å². The van der Waals surface area contributed by atoms with Gasteiger partial charge in [0.25, 0.3) is 5.91 Å². The highest BCUT2D eigenvalue weighted by Gasteiger charge is 2.52. The minimum Gasteiger partial charge on any atom is -0.455 e. The minimum atomic E-state index is -0.652. The van der Waals surface area contributed by atoms with E-state index >= 15 is 0 Å². The molecule has 2 aromatic rings. The fourth-order valence-electron chi connectivity index (χ4n) is 2.83. The molecule has 1 amide bonds. The van der Waals surface area contributed by atoms with Crippen LogP contribution in [0.5, 0.6) is 0 Å². The van der Waals surface area contributed by atoms with Crippen LogP contribution in [0.25, 0.3) is 0 Å². The topological polar surface area (TPSA) is 46.6 Å². The fraction of sp³-hybridized carbons (Fsp3) is 0.300. The molecule has 0 heterocycles. The summed E-state index contributed by atoms with van der Waals surface area (Å²) in [7, 11) is 1.62. The van der Waals surface area contributed by atoms with E-state index in [9.17, 15) is 14.0 Å². The predicted octanol–water partition coefficient (Wildman–Crippen LogP) is 3.71. The third-order valence-corrected chi connectivity index (χ3v) is 4.88. The number of halogens is 2. The third kappa shape index (κ3) is 4.05. The first kappa shape index (κ1) is 18.4. The van der Waals surface area contributed by atoms with Crippen LogP contribution in [-0.2, 0) is 26.3 Å². The number of likely N-dealkylation sites (N-methyl/N-ethyl adjacent to an activating group) is 1. The quantitative estimate of drug-likeness (QED) is 0.723. The van der Waals surface area contributed by atoms with E-state index in [2.05, 4.69) is 0 Å². The first-order valence-electron chi connectivity index (χ1n) is 8.32. The van der Waals surface area contributed by atoms with Crippen LogP contribution in [0.1, 0.15) is 24.0 Å². The van der Waals surface area contributed by atoms with Gasteiger partial charge in [0.05, 0.1) is 5.41 Å². The van der Waals surface area contributed by atoms with Gasteiger partial charge in [-0.1, -0.05) is 35.9 Å². The number of amides is 1. The van der Waals surface area contributed by atoms with Crippen molar-refractivity contribution in [1.29, 1.82) is 0 Å². The lowest BCUT2D eigenvalue weighted by Gasteiger charge is -2.19. The molecule has 0 unspecified atom stereocenters. The van der Waals surface area contributed by atoms with Crippen molar-refractivity contribution in [3.8, 4) is 0 Å². The maximum absolute atomic E-state index is 12.9. The average Bonchev–Trinajstić information content (AvgIpc) is 3.43. The van der Waals surface area contributed by atoms with E-state index in [1.54, 1.807) is 31.3 Å². The molecule has 1 aliphatic carbocycles. The molecular formula is C20H19ClFNO3. The van der Waals surface area contributed by atoms with Gasteiger partial charge < -0.3 is 9.64 Å². The Balaban J connectivity index is 1.54. The van der Waals surface area contributed by atoms with Crippen LogP contribution >= 0.6 is 11.6 Å². The van der Waals surface area contributed by atoms with Crippen LogP contribution in [0.3, 0.4) is 0 Å². The maximum atomic E-state index is 12.9. The SMILES string of the molecule is CN(Cc1ccc(F)cc1)C(=O)COC(=O)C1(c2ccc(Cl)cc2)CC1. The first-order valence-corrected chi connectivity index (χ1v) is 8.70. The summed E-state index contributed by atoms with van der Waals surface area (Å²) in [6.07, 6.45) is 1.40. The van der Waals surface area contributed by atoms with Gasteiger partial charge in [0.2, 0.25) is 0 Å². The summed E-state index contributed by atoms with van der Waals surface area (Å²) in [5.74, 6) is -1.02. The molecule has 1 aliphatic rings. The molecule has 0 aliphatic heterocycles. The second kappa shape index (κ2) is 7.46. The van der Waals surface area contributed by atoms with Gasteiger partial charge in [-0.2, -0.15) is 0 Å². The summed E-state index contributed by atoms with van der Waals surface area (Å²) in [6, 6.07) is 13.0. The molecule has 4 nitrogen and oxygen atoms in total. The minimum absolute atomic E-state index is 0.311. The van der Waals surface area contributed by atoms with E-state index < -0.39 is 5.41 Å². The summed E-state index contributed by atoms with van der Waals surface area (Å²) in [6.45, 7) is 0.00482. The van der Waals surface area contributed by atoms with Gasteiger partial charge in [-0.15, -0.1) is 0 Å². The molecule has 26 heavy (non-hydrogen) atoms. The van der Waals surface area contributed by atoms with E-state index in [1.165, 1.54) is 17.0 Å². The monoisotopic (exact) mass is 375 g/mol. The molecule has 1 fully saturated rings. The highest BCUT2D eigenvalue weighted by molar-refractivity contribution is 6.30. The normalized spacial score (nSPS) is 14.6. The molecule has 3 rings (SSSR count). The third-order valence-electron chi connectivity index (χ3n) is 4.62. The Kier molecular flexibility index (Phi) is 5.28. The van der Waals surface area contributed by atoms with Crippen LogP contribution in [0, 0.1) is 5.82 Å². The highest BCUT2D eigenvalue weighted by atomic mass is 35.5. The zero-order valence-corrected chi connectivity index (χ0v) is 15.1. The summed E-state index contributed by atoms with van der Waals surface area (Å²) in [5.41, 5.74) is 1.01. The molecule has 0 aromatic heterocycles. The van der Waals surface area contributed by atoms with Crippen molar-refractivity contribution in [3.05, 3.63) is 70.5 Å². The number of esters is 1. The Labute approximate surface area is 156 Å². The van der Waals surface area contributed by atoms with Crippen molar-refractivity contribution in [2.45, 2.75) is 24.8 Å². The number of ether oxygens (including phenoxy) is 1. The second-order valence-corrected chi connectivity index (χ2v) is 6.98. The molecule has 136 valence electrons. The zero-order valence-electron chi connectivity index (χ0n) is 14.4. The molecular weight excluding hydrogens is 357 g/mol. The lowest BCUT2D eigenvalue weighted by atomic mass is 9.96. The Morgan fingerprint density at radius 1 is 1.12 bits per heavy atom. The summed E-state index contributed by atoms with van der Waals surface area (Å²) >= 11 is 5.89. The molecule has 0 atom stereocenters. The van der Waals surface area contributed by atoms with Crippen LogP contribution in [-0.4, -0.2) is 30.4 Å². The summed E-state index contributed by atoms with van der Waals surface area (Å²) in [5, 5.41) is 0.607. The Morgan fingerprint density at radius 3 is 2.31 bits per heavy atom. The molecule has 2 aromatic carbocycles. The van der Waals surface area contributed by atoms with Gasteiger partial charge in [0.15, 0.2) is 6.61 Å². The van der Waals surface area contributed by atoms with Crippen molar-refractivity contribution < 1.29 is 18.7 Å². The number of nitrogens with zero attached hydrogens (tertiary/aromatic N) is 1. The number of carbonyl (C=O) groups is 2. The largest absolute Gasteiger partial charge is 0.455 e. The van der Waals surface area contributed by atoms with Crippen LogP contribution in [0.4, 0.5) is 4.39 Å². The zero-order chi connectivity index (χ0) is 18.7. The van der Waals surface area contributed by atoms with E-state index in [-0.39, 0.29) is 24.3 Å². The average molecular weight is 376 g/mol. The van der Waals surface area contributed by atoms with E-state index in [0.717, 1.165) is 11.1 Å². The number of rotatable bonds is 6. The molecule has 0 radical (unpaired) electrons. The van der Waals surface area contributed by atoms with Gasteiger partial charge >= 0.3 is 5.97 Å². The van der Waals surface area contributed by atoms with Crippen molar-refractivity contribution in [2.75, 3.05) is 13.7 Å². The number of carbonyl (C=O) groups excluding carboxylic acids is 2. The van der Waals surface area contributed by atoms with Gasteiger partial charge in [-0.3, -0.25) is 9.59 Å². The fourth-order valence-corrected chi connectivity index (χ4v) is 2.96. The van der Waals surface area contributed by atoms with Crippen molar-refractivity contribution in [2.24, 2.45) is 0 Å². The molecule has 6 heteroatoms. The highest BCUT2D eigenvalue weighted by Crippen LogP contribution is 2.49. The second-order valence-electron chi connectivity index (χ2n) is 6.54. The van der Waals surface area contributed by atoms with Crippen molar-refractivity contribution in [3.63, 3.8) is 0 Å². The van der Waals surface area contributed by atoms with Gasteiger partial charge in [0.1, 0.15) is 5.82 Å². The Hall–Kier alpha value is -2.40. The molecule has 0 spiro atoms. The van der Waals surface area contributed by atoms with Crippen LogP contribution in [0.15, 0.2) is 48.5 Å². The van der Waals surface area contributed by atoms with Gasteiger partial charge in [-0.25, -0.2) is 4.39 Å². The number of hydrogen-bond donors (Lipinski definition) is 0. The van der Waals surface area contributed by atoms with Crippen LogP contribution in [0.2, 0.25) is 5.02 Å². The Bertz CT molecular complexity index is 801. The standard InChI is InChI=1S/C20H19ClFNO3/c1-23(12-14-2-8-17(22)9-3-14)18(24)13-26-19(25)20(10-11-20)15-4-6-16(21)7-5-15/h2-9H,10-13H2,1H3. The maximum Gasteiger partial charge on any atom is 0.317 e. The Morgan fingerprint density at radius 2 is 1.73 bits per heavy atom. The summed E-state index contributed by atoms with van der Waals surface area (Å²) < 4.78 is 18.2. The molecule has 1 saturated carbocycles. The summed E-state index contributed by atoms with van der Waals surface area (Å²) in [4.78, 5) is 26.1. The molecule has 0 N–H and O–H groups in total. The van der Waals surface area contributed by atoms with Gasteiger partial charge in [-0.05, 0) is 48.2 Å². The predicted molar refractivity (Wildman–Crippen MR) is 96.2 cm³/mol. The number of benzene rings is 2. The van der Waals surface area contributed by atoms with Gasteiger partial charge in [0, 0.05) is 18.6 Å². The van der Waals surface area contributed by atoms with Crippen LogP contribution < -0.4 is 0 Å². The molecule has 0 bridgehead atoms. The van der Waals surface area contributed by atoms with E-state index in [4.69, 9.17) is 16.3 Å². The smallest absolute Gasteiger partial charge is 0.317 e. The van der Waals surface area contributed by atoms with E-state index in [0.29, 0.717) is 24.4 Å². The lowest BCUT2D eigenvalue weighted by Crippen LogP contribution is -2.33. The first-order chi connectivity index (χ1) is 12.4.